The largest absolute Gasteiger partial charge is 0.489 e. The molecule has 0 saturated heterocycles. The van der Waals surface area contributed by atoms with Gasteiger partial charge in [0.15, 0.2) is 0 Å². The minimum absolute atomic E-state index is 0.495. The van der Waals surface area contributed by atoms with Gasteiger partial charge in [0.2, 0.25) is 0 Å². The molecule has 3 heterocycles. The Hall–Kier alpha value is -4.77. The molecular weight excluding hydrogens is 456 g/mol. The number of ether oxygens (including phenoxy) is 1. The molecule has 6 aromatic rings. The fraction of sp³-hybridized carbons (Fsp3) is 0.0938. The summed E-state index contributed by atoms with van der Waals surface area (Å²) in [5.74, 6) is 1.73. The fourth-order valence-electron chi connectivity index (χ4n) is 5.35. The van der Waals surface area contributed by atoms with Crippen LogP contribution in [-0.4, -0.2) is 23.3 Å². The molecule has 1 aliphatic heterocycles. The number of benzene rings is 4. The van der Waals surface area contributed by atoms with E-state index in [0.717, 1.165) is 34.8 Å². The lowest BCUT2D eigenvalue weighted by Crippen LogP contribution is -2.24. The summed E-state index contributed by atoms with van der Waals surface area (Å²) in [5, 5.41) is 2.39. The number of para-hydroxylation sites is 3. The maximum atomic E-state index is 6.33. The van der Waals surface area contributed by atoms with E-state index >= 15 is 0 Å². The monoisotopic (exact) mass is 482 g/mol. The Morgan fingerprint density at radius 3 is 2.43 bits per heavy atom. The summed E-state index contributed by atoms with van der Waals surface area (Å²) < 4.78 is 8.54. The molecule has 1 aliphatic rings. The van der Waals surface area contributed by atoms with Gasteiger partial charge in [0, 0.05) is 35.8 Å². The molecule has 7 rings (SSSR count). The first-order valence-corrected chi connectivity index (χ1v) is 12.5. The highest BCUT2D eigenvalue weighted by Crippen LogP contribution is 2.39. The molecule has 0 aliphatic carbocycles. The summed E-state index contributed by atoms with van der Waals surface area (Å²) in [6.07, 6.45) is 1.83. The smallest absolute Gasteiger partial charge is 0.137 e. The molecule has 0 spiro atoms. The van der Waals surface area contributed by atoms with Gasteiger partial charge in [0.05, 0.1) is 29.1 Å². The lowest BCUT2D eigenvalue weighted by atomic mass is 10.1. The van der Waals surface area contributed by atoms with Crippen LogP contribution in [0.4, 0.5) is 17.1 Å². The van der Waals surface area contributed by atoms with Gasteiger partial charge in [0.1, 0.15) is 18.2 Å². The van der Waals surface area contributed by atoms with Crippen LogP contribution in [0.25, 0.3) is 27.6 Å². The van der Waals surface area contributed by atoms with Crippen molar-refractivity contribution in [3.63, 3.8) is 0 Å². The summed E-state index contributed by atoms with van der Waals surface area (Å²) in [7, 11) is 2.13. The quantitative estimate of drug-likeness (QED) is 0.258. The minimum Gasteiger partial charge on any atom is -0.489 e. The molecule has 0 radical (unpaired) electrons. The first-order valence-electron chi connectivity index (χ1n) is 12.5. The van der Waals surface area contributed by atoms with Crippen molar-refractivity contribution in [3.05, 3.63) is 121 Å². The lowest BCUT2D eigenvalue weighted by Gasteiger charge is -2.20. The molecule has 180 valence electrons. The van der Waals surface area contributed by atoms with Crippen LogP contribution >= 0.6 is 0 Å². The maximum Gasteiger partial charge on any atom is 0.137 e. The van der Waals surface area contributed by atoms with Crippen molar-refractivity contribution >= 4 is 38.9 Å². The third-order valence-corrected chi connectivity index (χ3v) is 7.09. The predicted octanol–water partition coefficient (Wildman–Crippen LogP) is 7.30. The number of anilines is 3. The van der Waals surface area contributed by atoms with Crippen LogP contribution in [0.5, 0.6) is 5.75 Å². The standard InChI is InChI=1S/C32H26N4O/c1-34-22-35(30-14-5-4-13-29(30)34)24-10-8-9-23(19-24)21-37-25-16-17-27-26-11-2-3-12-28(26)36(31(27)20-25)32-15-6-7-18-33-32/h2-20H,21-22H2,1H3. The van der Waals surface area contributed by atoms with E-state index in [1.807, 2.05) is 24.4 Å². The Morgan fingerprint density at radius 2 is 1.54 bits per heavy atom. The number of fused-ring (bicyclic) bond motifs is 4. The Morgan fingerprint density at radius 1 is 0.730 bits per heavy atom. The minimum atomic E-state index is 0.495. The Labute approximate surface area is 215 Å². The van der Waals surface area contributed by atoms with Crippen LogP contribution in [0.2, 0.25) is 0 Å². The SMILES string of the molecule is CN1CN(c2cccc(COc3ccc4c5ccccc5n(-c5ccccn5)c4c3)c2)c2ccccc21. The first-order chi connectivity index (χ1) is 18.3. The van der Waals surface area contributed by atoms with Gasteiger partial charge in [-0.2, -0.15) is 0 Å². The van der Waals surface area contributed by atoms with Crippen LogP contribution in [0.15, 0.2) is 115 Å². The summed E-state index contributed by atoms with van der Waals surface area (Å²) in [6, 6.07) is 38.0. The molecule has 4 aromatic carbocycles. The van der Waals surface area contributed by atoms with E-state index < -0.39 is 0 Å². The van der Waals surface area contributed by atoms with E-state index in [4.69, 9.17) is 4.74 Å². The molecule has 0 N–H and O–H groups in total. The van der Waals surface area contributed by atoms with E-state index in [9.17, 15) is 0 Å². The van der Waals surface area contributed by atoms with Gasteiger partial charge in [-0.3, -0.25) is 4.57 Å². The Bertz CT molecular complexity index is 1740. The number of hydrogen-bond donors (Lipinski definition) is 0. The van der Waals surface area contributed by atoms with Crippen molar-refractivity contribution in [1.82, 2.24) is 9.55 Å². The second kappa shape index (κ2) is 8.71. The highest BCUT2D eigenvalue weighted by atomic mass is 16.5. The van der Waals surface area contributed by atoms with Gasteiger partial charge in [-0.15, -0.1) is 0 Å². The van der Waals surface area contributed by atoms with E-state index in [2.05, 4.69) is 117 Å². The van der Waals surface area contributed by atoms with Gasteiger partial charge in [0.25, 0.3) is 0 Å². The molecule has 0 bridgehead atoms. The maximum absolute atomic E-state index is 6.33. The highest BCUT2D eigenvalue weighted by molar-refractivity contribution is 6.09. The molecule has 0 atom stereocenters. The van der Waals surface area contributed by atoms with E-state index in [1.54, 1.807) is 0 Å². The van der Waals surface area contributed by atoms with Crippen molar-refractivity contribution in [2.45, 2.75) is 6.61 Å². The Kier molecular flexibility index (Phi) is 5.07. The van der Waals surface area contributed by atoms with Crippen LogP contribution in [0, 0.1) is 0 Å². The average Bonchev–Trinajstić information content (AvgIpc) is 3.47. The molecular formula is C32H26N4O. The van der Waals surface area contributed by atoms with Gasteiger partial charge in [-0.1, -0.05) is 48.5 Å². The zero-order valence-electron chi connectivity index (χ0n) is 20.6. The van der Waals surface area contributed by atoms with Crippen molar-refractivity contribution in [1.29, 1.82) is 0 Å². The van der Waals surface area contributed by atoms with Crippen molar-refractivity contribution in [2.24, 2.45) is 0 Å². The second-order valence-corrected chi connectivity index (χ2v) is 9.43. The van der Waals surface area contributed by atoms with Crippen LogP contribution in [-0.2, 0) is 6.61 Å². The van der Waals surface area contributed by atoms with Gasteiger partial charge >= 0.3 is 0 Å². The molecule has 0 amide bonds. The lowest BCUT2D eigenvalue weighted by molar-refractivity contribution is 0.306. The van der Waals surface area contributed by atoms with Crippen LogP contribution in [0.3, 0.4) is 0 Å². The van der Waals surface area contributed by atoms with Gasteiger partial charge in [-0.25, -0.2) is 4.98 Å². The topological polar surface area (TPSA) is 33.5 Å². The van der Waals surface area contributed by atoms with E-state index in [0.29, 0.717) is 6.61 Å². The molecule has 0 fully saturated rings. The molecule has 5 nitrogen and oxygen atoms in total. The zero-order valence-corrected chi connectivity index (χ0v) is 20.6. The summed E-state index contributed by atoms with van der Waals surface area (Å²) in [6.45, 7) is 1.33. The highest BCUT2D eigenvalue weighted by Gasteiger charge is 2.24. The van der Waals surface area contributed by atoms with Crippen LogP contribution in [0.1, 0.15) is 5.56 Å². The summed E-state index contributed by atoms with van der Waals surface area (Å²) >= 11 is 0. The third kappa shape index (κ3) is 3.67. The van der Waals surface area contributed by atoms with Crippen molar-refractivity contribution in [2.75, 3.05) is 23.5 Å². The average molecular weight is 483 g/mol. The summed E-state index contributed by atoms with van der Waals surface area (Å²) in [4.78, 5) is 9.24. The van der Waals surface area contributed by atoms with Crippen LogP contribution < -0.4 is 14.5 Å². The normalized spacial score (nSPS) is 12.9. The molecule has 2 aromatic heterocycles. The summed E-state index contributed by atoms with van der Waals surface area (Å²) in [5.41, 5.74) is 7.01. The van der Waals surface area contributed by atoms with Gasteiger partial charge < -0.3 is 14.5 Å². The van der Waals surface area contributed by atoms with E-state index in [-0.39, 0.29) is 0 Å². The number of pyridine rings is 1. The van der Waals surface area contributed by atoms with Crippen molar-refractivity contribution < 1.29 is 4.74 Å². The Balaban J connectivity index is 1.20. The van der Waals surface area contributed by atoms with E-state index in [1.165, 1.54) is 27.8 Å². The predicted molar refractivity (Wildman–Crippen MR) is 151 cm³/mol. The zero-order chi connectivity index (χ0) is 24.8. The number of rotatable bonds is 5. The van der Waals surface area contributed by atoms with Crippen molar-refractivity contribution in [3.8, 4) is 11.6 Å². The molecule has 0 unspecified atom stereocenters. The third-order valence-electron chi connectivity index (χ3n) is 7.09. The fourth-order valence-corrected chi connectivity index (χ4v) is 5.35. The molecule has 0 saturated carbocycles. The number of aromatic nitrogens is 2. The number of nitrogens with zero attached hydrogens (tertiary/aromatic N) is 4. The molecule has 5 heteroatoms. The molecule has 37 heavy (non-hydrogen) atoms. The second-order valence-electron chi connectivity index (χ2n) is 9.43. The van der Waals surface area contributed by atoms with Gasteiger partial charge in [-0.05, 0) is 60.2 Å². The number of hydrogen-bond acceptors (Lipinski definition) is 4. The first kappa shape index (κ1) is 21.5.